The molecule has 0 unspecified atom stereocenters. The van der Waals surface area contributed by atoms with E-state index in [2.05, 4.69) is 43.0 Å². The van der Waals surface area contributed by atoms with Gasteiger partial charge in [-0.05, 0) is 33.6 Å². The Morgan fingerprint density at radius 1 is 1.46 bits per heavy atom. The van der Waals surface area contributed by atoms with Crippen LogP contribution in [0.5, 0.6) is 11.5 Å². The van der Waals surface area contributed by atoms with Crippen molar-refractivity contribution < 1.29 is 9.84 Å². The number of aromatic nitrogens is 4. The predicted molar refractivity (Wildman–Crippen MR) is 109 cm³/mol. The summed E-state index contributed by atoms with van der Waals surface area (Å²) in [6.07, 6.45) is 3.09. The maximum absolute atomic E-state index is 12.2. The van der Waals surface area contributed by atoms with E-state index >= 15 is 0 Å². The topological polar surface area (TPSA) is 127 Å². The number of hydrogen-bond acceptors (Lipinski definition) is 7. The minimum Gasteiger partial charge on any atom is -0.503 e. The number of ether oxygens (including phenoxy) is 1. The van der Waals surface area contributed by atoms with Crippen molar-refractivity contribution in [2.45, 2.75) is 6.54 Å². The first-order valence-corrected chi connectivity index (χ1v) is 8.82. The smallest absolute Gasteiger partial charge is 0.329 e. The van der Waals surface area contributed by atoms with E-state index in [1.807, 2.05) is 0 Å². The molecule has 0 aliphatic carbocycles. The van der Waals surface area contributed by atoms with Crippen LogP contribution < -0.4 is 21.4 Å². The van der Waals surface area contributed by atoms with Gasteiger partial charge in [0.25, 0.3) is 5.56 Å². The molecule has 0 fully saturated rings. The molecule has 11 heteroatoms. The van der Waals surface area contributed by atoms with Gasteiger partial charge in [-0.1, -0.05) is 6.08 Å². The molecule has 3 rings (SSSR count). The van der Waals surface area contributed by atoms with Crippen molar-refractivity contribution in [2.75, 3.05) is 12.5 Å². The average molecular weight is 449 g/mol. The standard InChI is InChI=1S/C17H17BrN6O4/c1-4-5-24-12-14(23(2)17(27)21-15(12)26)20-16(24)22-19-8-9-6-10(18)13(25)11(7-9)28-3/h4,6-8,25H,1,5H2,2-3H3,(H,20,22)(H,21,26,27)/b19-8+. The van der Waals surface area contributed by atoms with Gasteiger partial charge in [-0.3, -0.25) is 18.9 Å². The molecule has 0 bridgehead atoms. The second-order valence-corrected chi connectivity index (χ2v) is 6.60. The molecular weight excluding hydrogens is 432 g/mol. The summed E-state index contributed by atoms with van der Waals surface area (Å²) in [5.74, 6) is 0.541. The van der Waals surface area contributed by atoms with Crippen molar-refractivity contribution >= 4 is 39.3 Å². The number of methoxy groups -OCH3 is 1. The van der Waals surface area contributed by atoms with Gasteiger partial charge in [0.1, 0.15) is 0 Å². The van der Waals surface area contributed by atoms with Crippen LogP contribution in [0, 0.1) is 0 Å². The van der Waals surface area contributed by atoms with Crippen LogP contribution in [-0.4, -0.2) is 37.5 Å². The zero-order valence-corrected chi connectivity index (χ0v) is 16.6. The summed E-state index contributed by atoms with van der Waals surface area (Å²) in [4.78, 5) is 30.6. The summed E-state index contributed by atoms with van der Waals surface area (Å²) in [7, 11) is 2.96. The van der Waals surface area contributed by atoms with Crippen LogP contribution in [0.25, 0.3) is 11.2 Å². The molecule has 0 radical (unpaired) electrons. The molecule has 10 nitrogen and oxygen atoms in total. The maximum atomic E-state index is 12.2. The fourth-order valence-electron chi connectivity index (χ4n) is 2.62. The summed E-state index contributed by atoms with van der Waals surface area (Å²) >= 11 is 3.24. The Bertz CT molecular complexity index is 1210. The van der Waals surface area contributed by atoms with E-state index in [9.17, 15) is 14.7 Å². The van der Waals surface area contributed by atoms with E-state index in [1.165, 1.54) is 24.9 Å². The highest BCUT2D eigenvalue weighted by Gasteiger charge is 2.16. The highest BCUT2D eigenvalue weighted by molar-refractivity contribution is 9.10. The molecule has 0 amide bonds. The molecule has 0 aliphatic rings. The lowest BCUT2D eigenvalue weighted by atomic mass is 10.2. The van der Waals surface area contributed by atoms with Crippen molar-refractivity contribution in [3.63, 3.8) is 0 Å². The predicted octanol–water partition coefficient (Wildman–Crippen LogP) is 1.53. The number of nitrogens with one attached hydrogen (secondary N) is 2. The third-order valence-corrected chi connectivity index (χ3v) is 4.57. The number of benzene rings is 1. The van der Waals surface area contributed by atoms with E-state index in [0.29, 0.717) is 10.0 Å². The van der Waals surface area contributed by atoms with Crippen LogP contribution in [0.15, 0.2) is 44.0 Å². The Balaban J connectivity index is 2.01. The fraction of sp³-hybridized carbons (Fsp3) is 0.176. The summed E-state index contributed by atoms with van der Waals surface area (Å²) in [5.41, 5.74) is 2.76. The quantitative estimate of drug-likeness (QED) is 0.298. The first-order chi connectivity index (χ1) is 13.4. The molecule has 146 valence electrons. The summed E-state index contributed by atoms with van der Waals surface area (Å²) in [5, 5.41) is 14.0. The van der Waals surface area contributed by atoms with E-state index in [-0.39, 0.29) is 35.2 Å². The van der Waals surface area contributed by atoms with Crippen molar-refractivity contribution in [1.82, 2.24) is 19.1 Å². The summed E-state index contributed by atoms with van der Waals surface area (Å²) < 4.78 is 8.36. The highest BCUT2D eigenvalue weighted by Crippen LogP contribution is 2.34. The maximum Gasteiger partial charge on any atom is 0.329 e. The number of anilines is 1. The van der Waals surface area contributed by atoms with Gasteiger partial charge in [0.15, 0.2) is 22.7 Å². The molecule has 2 heterocycles. The van der Waals surface area contributed by atoms with Gasteiger partial charge >= 0.3 is 5.69 Å². The second kappa shape index (κ2) is 7.72. The average Bonchev–Trinajstić information content (AvgIpc) is 3.02. The van der Waals surface area contributed by atoms with E-state index in [1.54, 1.807) is 22.8 Å². The van der Waals surface area contributed by atoms with Gasteiger partial charge in [0.2, 0.25) is 5.95 Å². The second-order valence-electron chi connectivity index (χ2n) is 5.75. The van der Waals surface area contributed by atoms with Gasteiger partial charge in [0, 0.05) is 13.6 Å². The lowest BCUT2D eigenvalue weighted by Gasteiger charge is -2.07. The number of hydrogen-bond donors (Lipinski definition) is 3. The normalized spacial score (nSPS) is 11.2. The zero-order chi connectivity index (χ0) is 20.4. The van der Waals surface area contributed by atoms with Crippen LogP contribution in [0.1, 0.15) is 5.56 Å². The van der Waals surface area contributed by atoms with E-state index in [0.717, 1.165) is 0 Å². The first kappa shape index (κ1) is 19.4. The van der Waals surface area contributed by atoms with Crippen LogP contribution in [0.3, 0.4) is 0 Å². The summed E-state index contributed by atoms with van der Waals surface area (Å²) in [6, 6.07) is 3.26. The van der Waals surface area contributed by atoms with Crippen LogP contribution in [0.4, 0.5) is 5.95 Å². The van der Waals surface area contributed by atoms with Crippen LogP contribution >= 0.6 is 15.9 Å². The largest absolute Gasteiger partial charge is 0.503 e. The molecule has 3 aromatic rings. The van der Waals surface area contributed by atoms with Crippen LogP contribution in [0.2, 0.25) is 0 Å². The van der Waals surface area contributed by atoms with Gasteiger partial charge in [-0.15, -0.1) is 6.58 Å². The van der Waals surface area contributed by atoms with Crippen molar-refractivity contribution in [1.29, 1.82) is 0 Å². The Morgan fingerprint density at radius 3 is 2.89 bits per heavy atom. The van der Waals surface area contributed by atoms with Gasteiger partial charge in [-0.2, -0.15) is 10.1 Å². The minimum absolute atomic E-state index is 0.0134. The number of aryl methyl sites for hydroxylation is 1. The number of halogens is 1. The van der Waals surface area contributed by atoms with Crippen molar-refractivity contribution in [3.05, 3.63) is 55.7 Å². The Hall–Kier alpha value is -3.34. The number of rotatable bonds is 6. The number of phenols is 1. The van der Waals surface area contributed by atoms with Crippen LogP contribution in [-0.2, 0) is 13.6 Å². The number of phenolic OH excluding ortho intramolecular Hbond substituents is 1. The number of hydrazone groups is 1. The highest BCUT2D eigenvalue weighted by atomic mass is 79.9. The molecule has 1 aromatic carbocycles. The Labute approximate surface area is 166 Å². The number of allylic oxidation sites excluding steroid dienone is 1. The molecule has 0 saturated carbocycles. The van der Waals surface area contributed by atoms with E-state index < -0.39 is 11.2 Å². The van der Waals surface area contributed by atoms with Gasteiger partial charge in [0.05, 0.1) is 17.8 Å². The monoisotopic (exact) mass is 448 g/mol. The number of aromatic hydroxyl groups is 1. The molecule has 0 atom stereocenters. The Kier molecular flexibility index (Phi) is 5.36. The lowest BCUT2D eigenvalue weighted by molar-refractivity contribution is 0.372. The van der Waals surface area contributed by atoms with Crippen molar-refractivity contribution in [2.24, 2.45) is 12.1 Å². The third kappa shape index (κ3) is 3.43. The van der Waals surface area contributed by atoms with Gasteiger partial charge in [-0.25, -0.2) is 10.2 Å². The number of fused-ring (bicyclic) bond motifs is 1. The summed E-state index contributed by atoms with van der Waals surface area (Å²) in [6.45, 7) is 3.97. The van der Waals surface area contributed by atoms with E-state index in [4.69, 9.17) is 4.74 Å². The number of aromatic amines is 1. The molecule has 2 aromatic heterocycles. The minimum atomic E-state index is -0.558. The fourth-order valence-corrected chi connectivity index (χ4v) is 3.07. The third-order valence-electron chi connectivity index (χ3n) is 3.97. The number of imidazole rings is 1. The Morgan fingerprint density at radius 2 is 2.21 bits per heavy atom. The van der Waals surface area contributed by atoms with Crippen molar-refractivity contribution in [3.8, 4) is 11.5 Å². The molecule has 28 heavy (non-hydrogen) atoms. The lowest BCUT2D eigenvalue weighted by Crippen LogP contribution is -2.29. The first-order valence-electron chi connectivity index (χ1n) is 8.03. The molecular formula is C17H17BrN6O4. The molecule has 3 N–H and O–H groups in total. The number of H-pyrrole nitrogens is 1. The number of nitrogens with zero attached hydrogens (tertiary/aromatic N) is 4. The zero-order valence-electron chi connectivity index (χ0n) is 15.1. The SMILES string of the molecule is C=CCn1c(N/N=C/c2cc(Br)c(O)c(OC)c2)nc2c1c(=O)[nH]c(=O)n2C. The molecule has 0 aliphatic heterocycles. The molecule has 0 saturated heterocycles. The molecule has 0 spiro atoms. The van der Waals surface area contributed by atoms with Gasteiger partial charge < -0.3 is 9.84 Å².